The molecular weight excluding hydrogens is 230 g/mol. The Morgan fingerprint density at radius 1 is 1.32 bits per heavy atom. The van der Waals surface area contributed by atoms with Gasteiger partial charge < -0.3 is 0 Å². The van der Waals surface area contributed by atoms with Gasteiger partial charge in [-0.05, 0) is 37.2 Å². The molecule has 0 spiro atoms. The van der Waals surface area contributed by atoms with Gasteiger partial charge in [-0.25, -0.2) is 0 Å². The molecule has 2 rings (SSSR count). The van der Waals surface area contributed by atoms with Crippen LogP contribution in [0.5, 0.6) is 0 Å². The minimum Gasteiger partial charge on any atom is -0.299 e. The summed E-state index contributed by atoms with van der Waals surface area (Å²) in [5.74, 6) is 1.50. The van der Waals surface area contributed by atoms with Gasteiger partial charge in [-0.1, -0.05) is 49.8 Å². The van der Waals surface area contributed by atoms with E-state index in [1.54, 1.807) is 0 Å². The molecule has 1 aromatic carbocycles. The molecule has 1 aliphatic rings. The van der Waals surface area contributed by atoms with E-state index in [4.69, 9.17) is 0 Å². The first-order valence-electron chi connectivity index (χ1n) is 7.65. The highest BCUT2D eigenvalue weighted by Crippen LogP contribution is 2.30. The lowest BCUT2D eigenvalue weighted by Gasteiger charge is -2.42. The van der Waals surface area contributed by atoms with E-state index >= 15 is 0 Å². The van der Waals surface area contributed by atoms with Crippen LogP contribution >= 0.6 is 0 Å². The highest BCUT2D eigenvalue weighted by molar-refractivity contribution is 5.15. The van der Waals surface area contributed by atoms with Crippen molar-refractivity contribution < 1.29 is 0 Å². The molecule has 1 fully saturated rings. The highest BCUT2D eigenvalue weighted by atomic mass is 15.2. The van der Waals surface area contributed by atoms with E-state index in [2.05, 4.69) is 61.7 Å². The average molecular weight is 257 g/mol. The lowest BCUT2D eigenvalue weighted by Crippen LogP contribution is -2.47. The Balaban J connectivity index is 1.95. The Bertz CT molecular complexity index is 384. The predicted molar refractivity (Wildman–Crippen MR) is 83.3 cm³/mol. The fourth-order valence-corrected chi connectivity index (χ4v) is 3.32. The molecule has 0 saturated carbocycles. The number of benzene rings is 1. The molecule has 0 radical (unpaired) electrons. The molecular formula is C18H27N. The van der Waals surface area contributed by atoms with Crippen LogP contribution in [-0.4, -0.2) is 24.0 Å². The SMILES string of the molecule is C=CC1CC(CC)C(C)N(CCc2ccccc2)C1. The molecule has 1 saturated heterocycles. The van der Waals surface area contributed by atoms with Crippen LogP contribution in [0.15, 0.2) is 43.0 Å². The molecule has 1 aliphatic heterocycles. The van der Waals surface area contributed by atoms with Crippen LogP contribution in [0.1, 0.15) is 32.3 Å². The average Bonchev–Trinajstić information content (AvgIpc) is 2.47. The molecule has 0 N–H and O–H groups in total. The van der Waals surface area contributed by atoms with E-state index in [1.165, 1.54) is 31.5 Å². The van der Waals surface area contributed by atoms with E-state index in [0.717, 1.165) is 12.3 Å². The van der Waals surface area contributed by atoms with Crippen molar-refractivity contribution >= 4 is 0 Å². The van der Waals surface area contributed by atoms with Gasteiger partial charge in [0, 0.05) is 19.1 Å². The van der Waals surface area contributed by atoms with E-state index in [-0.39, 0.29) is 0 Å². The summed E-state index contributed by atoms with van der Waals surface area (Å²) in [6.45, 7) is 11.1. The summed E-state index contributed by atoms with van der Waals surface area (Å²) in [6, 6.07) is 11.5. The molecule has 0 amide bonds. The van der Waals surface area contributed by atoms with E-state index in [9.17, 15) is 0 Å². The minimum absolute atomic E-state index is 0.678. The molecule has 3 atom stereocenters. The van der Waals surface area contributed by atoms with E-state index < -0.39 is 0 Å². The first-order chi connectivity index (χ1) is 9.24. The Morgan fingerprint density at radius 3 is 2.68 bits per heavy atom. The van der Waals surface area contributed by atoms with Gasteiger partial charge in [0.1, 0.15) is 0 Å². The summed E-state index contributed by atoms with van der Waals surface area (Å²) in [5.41, 5.74) is 1.45. The van der Waals surface area contributed by atoms with Crippen molar-refractivity contribution in [2.24, 2.45) is 11.8 Å². The molecule has 1 aromatic rings. The summed E-state index contributed by atoms with van der Waals surface area (Å²) in [7, 11) is 0. The quantitative estimate of drug-likeness (QED) is 0.716. The van der Waals surface area contributed by atoms with Gasteiger partial charge in [-0.15, -0.1) is 6.58 Å². The second kappa shape index (κ2) is 6.91. The van der Waals surface area contributed by atoms with Crippen molar-refractivity contribution in [2.75, 3.05) is 13.1 Å². The lowest BCUT2D eigenvalue weighted by molar-refractivity contribution is 0.0797. The third-order valence-corrected chi connectivity index (χ3v) is 4.72. The summed E-state index contributed by atoms with van der Waals surface area (Å²) in [4.78, 5) is 2.66. The maximum absolute atomic E-state index is 4.00. The van der Waals surface area contributed by atoms with Crippen LogP contribution in [0.3, 0.4) is 0 Å². The first-order valence-corrected chi connectivity index (χ1v) is 7.65. The number of nitrogens with zero attached hydrogens (tertiary/aromatic N) is 1. The normalized spacial score (nSPS) is 28.2. The summed E-state index contributed by atoms with van der Waals surface area (Å²) in [6.07, 6.45) is 5.92. The zero-order valence-electron chi connectivity index (χ0n) is 12.4. The van der Waals surface area contributed by atoms with Crippen molar-refractivity contribution in [1.29, 1.82) is 0 Å². The fourth-order valence-electron chi connectivity index (χ4n) is 3.32. The van der Waals surface area contributed by atoms with Crippen LogP contribution in [0.2, 0.25) is 0 Å². The van der Waals surface area contributed by atoms with E-state index in [0.29, 0.717) is 12.0 Å². The highest BCUT2D eigenvalue weighted by Gasteiger charge is 2.30. The van der Waals surface area contributed by atoms with Crippen LogP contribution in [0.4, 0.5) is 0 Å². The van der Waals surface area contributed by atoms with Crippen LogP contribution < -0.4 is 0 Å². The molecule has 0 bridgehead atoms. The maximum atomic E-state index is 4.00. The van der Waals surface area contributed by atoms with Crippen molar-refractivity contribution in [3.8, 4) is 0 Å². The van der Waals surface area contributed by atoms with Gasteiger partial charge >= 0.3 is 0 Å². The van der Waals surface area contributed by atoms with Gasteiger partial charge in [0.2, 0.25) is 0 Å². The number of hydrogen-bond donors (Lipinski definition) is 0. The molecule has 1 heterocycles. The second-order valence-corrected chi connectivity index (χ2v) is 5.87. The van der Waals surface area contributed by atoms with Crippen molar-refractivity contribution in [2.45, 2.75) is 39.2 Å². The van der Waals surface area contributed by atoms with Crippen LogP contribution in [0.25, 0.3) is 0 Å². The third kappa shape index (κ3) is 3.70. The van der Waals surface area contributed by atoms with Crippen LogP contribution in [0, 0.1) is 11.8 Å². The number of hydrogen-bond acceptors (Lipinski definition) is 1. The second-order valence-electron chi connectivity index (χ2n) is 5.87. The Morgan fingerprint density at radius 2 is 2.05 bits per heavy atom. The van der Waals surface area contributed by atoms with Crippen molar-refractivity contribution in [3.05, 3.63) is 48.6 Å². The number of rotatable bonds is 5. The predicted octanol–water partition coefficient (Wildman–Crippen LogP) is 4.15. The summed E-state index contributed by atoms with van der Waals surface area (Å²) in [5, 5.41) is 0. The van der Waals surface area contributed by atoms with Gasteiger partial charge in [0.15, 0.2) is 0 Å². The zero-order valence-corrected chi connectivity index (χ0v) is 12.4. The van der Waals surface area contributed by atoms with Gasteiger partial charge in [0.25, 0.3) is 0 Å². The van der Waals surface area contributed by atoms with Gasteiger partial charge in [-0.2, -0.15) is 0 Å². The summed E-state index contributed by atoms with van der Waals surface area (Å²) >= 11 is 0. The first kappa shape index (κ1) is 14.3. The largest absolute Gasteiger partial charge is 0.299 e. The smallest absolute Gasteiger partial charge is 0.00956 e. The van der Waals surface area contributed by atoms with Gasteiger partial charge in [-0.3, -0.25) is 4.90 Å². The molecule has 1 heteroatoms. The Hall–Kier alpha value is -1.08. The standard InChI is InChI=1S/C18H27N/c1-4-16-13-18(5-2)15(3)19(14-16)12-11-17-9-7-6-8-10-17/h4,6-10,15-16,18H,1,5,11-14H2,2-3H3. The van der Waals surface area contributed by atoms with Crippen molar-refractivity contribution in [3.63, 3.8) is 0 Å². The van der Waals surface area contributed by atoms with Crippen molar-refractivity contribution in [1.82, 2.24) is 4.90 Å². The lowest BCUT2D eigenvalue weighted by atomic mass is 9.82. The monoisotopic (exact) mass is 257 g/mol. The molecule has 1 nitrogen and oxygen atoms in total. The third-order valence-electron chi connectivity index (χ3n) is 4.72. The topological polar surface area (TPSA) is 3.24 Å². The summed E-state index contributed by atoms with van der Waals surface area (Å²) < 4.78 is 0. The molecule has 3 unspecified atom stereocenters. The Labute approximate surface area is 118 Å². The maximum Gasteiger partial charge on any atom is 0.00956 e. The van der Waals surface area contributed by atoms with E-state index in [1.807, 2.05) is 0 Å². The number of piperidine rings is 1. The minimum atomic E-state index is 0.678. The fraction of sp³-hybridized carbons (Fsp3) is 0.556. The molecule has 0 aliphatic carbocycles. The molecule has 19 heavy (non-hydrogen) atoms. The molecule has 104 valence electrons. The zero-order chi connectivity index (χ0) is 13.7. The van der Waals surface area contributed by atoms with Gasteiger partial charge in [0.05, 0.1) is 0 Å². The van der Waals surface area contributed by atoms with Crippen LogP contribution in [-0.2, 0) is 6.42 Å². The Kier molecular flexibility index (Phi) is 5.21. The molecule has 0 aromatic heterocycles. The number of likely N-dealkylation sites (tertiary alicyclic amines) is 1.